The highest BCUT2D eigenvalue weighted by Gasteiger charge is 2.15. The Bertz CT molecular complexity index is 441. The number of benzene rings is 1. The Morgan fingerprint density at radius 1 is 1.29 bits per heavy atom. The molecule has 0 spiro atoms. The van der Waals surface area contributed by atoms with E-state index >= 15 is 0 Å². The van der Waals surface area contributed by atoms with Crippen molar-refractivity contribution in [2.75, 3.05) is 6.79 Å². The van der Waals surface area contributed by atoms with Gasteiger partial charge in [-0.2, -0.15) is 0 Å². The fraction of sp³-hybridized carbons (Fsp3) is 0.385. The number of rotatable bonds is 3. The zero-order valence-electron chi connectivity index (χ0n) is 9.81. The lowest BCUT2D eigenvalue weighted by molar-refractivity contribution is 0.173. The van der Waals surface area contributed by atoms with Gasteiger partial charge in [0.15, 0.2) is 11.5 Å². The number of fused-ring (bicyclic) bond motifs is 1. The summed E-state index contributed by atoms with van der Waals surface area (Å²) in [6.07, 6.45) is 3.23. The molecule has 1 unspecified atom stereocenters. The van der Waals surface area contributed by atoms with Crippen molar-refractivity contribution in [3.63, 3.8) is 0 Å². The highest BCUT2D eigenvalue weighted by atomic mass is 79.9. The second-order valence-electron chi connectivity index (χ2n) is 4.32. The van der Waals surface area contributed by atoms with E-state index in [4.69, 9.17) is 9.47 Å². The van der Waals surface area contributed by atoms with Crippen LogP contribution in [0.4, 0.5) is 0 Å². The van der Waals surface area contributed by atoms with Crippen LogP contribution in [-0.2, 0) is 0 Å². The van der Waals surface area contributed by atoms with E-state index in [1.807, 2.05) is 32.1 Å². The standard InChI is InChI=1S/C13H15BrO3/c1-8(2)11(15)4-3-9-5-12-13(6-10(9)14)17-7-16-12/h3-6,8,11,15H,7H2,1-2H3. The summed E-state index contributed by atoms with van der Waals surface area (Å²) in [5.74, 6) is 1.70. The molecule has 0 aromatic heterocycles. The Balaban J connectivity index is 2.22. The van der Waals surface area contributed by atoms with Crippen LogP contribution in [0.2, 0.25) is 0 Å². The van der Waals surface area contributed by atoms with Gasteiger partial charge in [0.2, 0.25) is 6.79 Å². The van der Waals surface area contributed by atoms with E-state index in [0.29, 0.717) is 0 Å². The number of aliphatic hydroxyl groups excluding tert-OH is 1. The molecule has 0 fully saturated rings. The van der Waals surface area contributed by atoms with Crippen molar-refractivity contribution in [1.82, 2.24) is 0 Å². The van der Waals surface area contributed by atoms with Gasteiger partial charge in [0.25, 0.3) is 0 Å². The van der Waals surface area contributed by atoms with Gasteiger partial charge in [0, 0.05) is 4.47 Å². The molecule has 1 atom stereocenters. The Labute approximate surface area is 109 Å². The van der Waals surface area contributed by atoms with Crippen LogP contribution in [0, 0.1) is 5.92 Å². The summed E-state index contributed by atoms with van der Waals surface area (Å²) in [5.41, 5.74) is 0.967. The number of halogens is 1. The molecule has 92 valence electrons. The minimum absolute atomic E-state index is 0.207. The molecule has 4 heteroatoms. The Kier molecular flexibility index (Phi) is 3.74. The van der Waals surface area contributed by atoms with Gasteiger partial charge in [-0.15, -0.1) is 0 Å². The lowest BCUT2D eigenvalue weighted by Crippen LogP contribution is -2.10. The third-order valence-corrected chi connectivity index (χ3v) is 3.33. The van der Waals surface area contributed by atoms with Crippen molar-refractivity contribution >= 4 is 22.0 Å². The monoisotopic (exact) mass is 298 g/mol. The maximum absolute atomic E-state index is 9.71. The molecule has 0 saturated carbocycles. The summed E-state index contributed by atoms with van der Waals surface area (Å²) in [5, 5.41) is 9.71. The van der Waals surface area contributed by atoms with E-state index in [1.54, 1.807) is 6.08 Å². The third kappa shape index (κ3) is 2.82. The van der Waals surface area contributed by atoms with Gasteiger partial charge in [0.1, 0.15) is 0 Å². The van der Waals surface area contributed by atoms with E-state index in [0.717, 1.165) is 21.5 Å². The van der Waals surface area contributed by atoms with Crippen LogP contribution in [0.5, 0.6) is 11.5 Å². The van der Waals surface area contributed by atoms with Crippen molar-refractivity contribution in [3.05, 3.63) is 28.2 Å². The van der Waals surface area contributed by atoms with Gasteiger partial charge in [-0.3, -0.25) is 0 Å². The molecule has 1 aromatic rings. The molecule has 0 saturated heterocycles. The maximum atomic E-state index is 9.71. The summed E-state index contributed by atoms with van der Waals surface area (Å²) >= 11 is 3.47. The molecule has 1 heterocycles. The lowest BCUT2D eigenvalue weighted by Gasteiger charge is -2.09. The molecular formula is C13H15BrO3. The van der Waals surface area contributed by atoms with E-state index in [9.17, 15) is 5.11 Å². The first-order valence-electron chi connectivity index (χ1n) is 5.53. The zero-order valence-corrected chi connectivity index (χ0v) is 11.4. The molecular weight excluding hydrogens is 284 g/mol. The van der Waals surface area contributed by atoms with Gasteiger partial charge in [0.05, 0.1) is 6.10 Å². The van der Waals surface area contributed by atoms with E-state index < -0.39 is 6.10 Å². The number of hydrogen-bond acceptors (Lipinski definition) is 3. The predicted octanol–water partition coefficient (Wildman–Crippen LogP) is 3.21. The molecule has 0 aliphatic carbocycles. The maximum Gasteiger partial charge on any atom is 0.231 e. The first kappa shape index (κ1) is 12.5. The zero-order chi connectivity index (χ0) is 12.4. The predicted molar refractivity (Wildman–Crippen MR) is 70.1 cm³/mol. The Morgan fingerprint density at radius 3 is 2.59 bits per heavy atom. The van der Waals surface area contributed by atoms with Crippen LogP contribution in [0.25, 0.3) is 6.08 Å². The molecule has 17 heavy (non-hydrogen) atoms. The van der Waals surface area contributed by atoms with Crippen LogP contribution in [0.1, 0.15) is 19.4 Å². The first-order chi connectivity index (χ1) is 8.08. The molecule has 0 radical (unpaired) electrons. The van der Waals surface area contributed by atoms with Gasteiger partial charge >= 0.3 is 0 Å². The molecule has 0 amide bonds. The Hall–Kier alpha value is -1.00. The highest BCUT2D eigenvalue weighted by Crippen LogP contribution is 2.37. The van der Waals surface area contributed by atoms with Crippen molar-refractivity contribution in [3.8, 4) is 11.5 Å². The van der Waals surface area contributed by atoms with Crippen LogP contribution in [-0.4, -0.2) is 18.0 Å². The van der Waals surface area contributed by atoms with Crippen LogP contribution < -0.4 is 9.47 Å². The molecule has 1 N–H and O–H groups in total. The molecule has 3 nitrogen and oxygen atoms in total. The van der Waals surface area contributed by atoms with E-state index in [1.165, 1.54) is 0 Å². The van der Waals surface area contributed by atoms with Gasteiger partial charge in [-0.25, -0.2) is 0 Å². The Morgan fingerprint density at radius 2 is 1.94 bits per heavy atom. The smallest absolute Gasteiger partial charge is 0.231 e. The number of hydrogen-bond donors (Lipinski definition) is 1. The first-order valence-corrected chi connectivity index (χ1v) is 6.32. The topological polar surface area (TPSA) is 38.7 Å². The van der Waals surface area contributed by atoms with E-state index in [2.05, 4.69) is 15.9 Å². The fourth-order valence-electron chi connectivity index (χ4n) is 1.49. The normalized spacial score (nSPS) is 15.8. The second kappa shape index (κ2) is 5.10. The summed E-state index contributed by atoms with van der Waals surface area (Å²) < 4.78 is 11.5. The molecule has 1 aliphatic heterocycles. The summed E-state index contributed by atoms with van der Waals surface area (Å²) in [6, 6.07) is 3.78. The summed E-state index contributed by atoms with van der Waals surface area (Å²) in [7, 11) is 0. The second-order valence-corrected chi connectivity index (χ2v) is 5.18. The van der Waals surface area contributed by atoms with E-state index in [-0.39, 0.29) is 12.7 Å². The lowest BCUT2D eigenvalue weighted by atomic mass is 10.1. The largest absolute Gasteiger partial charge is 0.454 e. The summed E-state index contributed by atoms with van der Waals surface area (Å²) in [4.78, 5) is 0. The van der Waals surface area contributed by atoms with Crippen LogP contribution in [0.15, 0.2) is 22.7 Å². The van der Waals surface area contributed by atoms with Crippen molar-refractivity contribution < 1.29 is 14.6 Å². The minimum Gasteiger partial charge on any atom is -0.454 e. The molecule has 1 aromatic carbocycles. The third-order valence-electron chi connectivity index (χ3n) is 2.65. The average molecular weight is 299 g/mol. The number of aliphatic hydroxyl groups is 1. The minimum atomic E-state index is -0.438. The fourth-order valence-corrected chi connectivity index (χ4v) is 1.94. The molecule has 0 bridgehead atoms. The molecule has 2 rings (SSSR count). The summed E-state index contributed by atoms with van der Waals surface area (Å²) in [6.45, 7) is 4.22. The van der Waals surface area contributed by atoms with Gasteiger partial charge < -0.3 is 14.6 Å². The van der Waals surface area contributed by atoms with Crippen molar-refractivity contribution in [2.24, 2.45) is 5.92 Å². The highest BCUT2D eigenvalue weighted by molar-refractivity contribution is 9.10. The van der Waals surface area contributed by atoms with Crippen molar-refractivity contribution in [1.29, 1.82) is 0 Å². The van der Waals surface area contributed by atoms with Crippen molar-refractivity contribution in [2.45, 2.75) is 20.0 Å². The average Bonchev–Trinajstić information content (AvgIpc) is 2.72. The van der Waals surface area contributed by atoms with Gasteiger partial charge in [-0.1, -0.05) is 41.9 Å². The molecule has 1 aliphatic rings. The SMILES string of the molecule is CC(C)C(O)C=Cc1cc2c(cc1Br)OCO2. The van der Waals surface area contributed by atoms with Gasteiger partial charge in [-0.05, 0) is 23.6 Å². The number of ether oxygens (including phenoxy) is 2. The van der Waals surface area contributed by atoms with Crippen LogP contribution in [0.3, 0.4) is 0 Å². The quantitative estimate of drug-likeness (QED) is 0.931. The van der Waals surface area contributed by atoms with Crippen LogP contribution >= 0.6 is 15.9 Å².